The number of hydrogen-bond acceptors (Lipinski definition) is 4. The molecule has 5 nitrogen and oxygen atoms in total. The Morgan fingerprint density at radius 2 is 2.00 bits per heavy atom. The molecule has 0 saturated heterocycles. The van der Waals surface area contributed by atoms with Gasteiger partial charge in [-0.1, -0.05) is 6.07 Å². The Kier molecular flexibility index (Phi) is 3.74. The molecule has 1 aromatic heterocycles. The zero-order valence-corrected chi connectivity index (χ0v) is 9.85. The first-order valence-corrected chi connectivity index (χ1v) is 5.43. The summed E-state index contributed by atoms with van der Waals surface area (Å²) in [4.78, 5) is 11.4. The van der Waals surface area contributed by atoms with Crippen LogP contribution in [-0.2, 0) is 22.7 Å². The fraction of sp³-hybridized carbons (Fsp3) is 0.167. The van der Waals surface area contributed by atoms with Gasteiger partial charge in [0.15, 0.2) is 0 Å². The molecule has 1 aromatic carbocycles. The van der Waals surface area contributed by atoms with Crippen molar-refractivity contribution in [3.63, 3.8) is 0 Å². The van der Waals surface area contributed by atoms with Crippen molar-refractivity contribution in [1.29, 1.82) is 0 Å². The van der Waals surface area contributed by atoms with Gasteiger partial charge in [0.05, 0.1) is 5.56 Å². The molecule has 0 spiro atoms. The molecule has 0 aliphatic heterocycles. The number of aromatic nitrogens is 2. The molecule has 1 heterocycles. The number of esters is 1. The Morgan fingerprint density at radius 1 is 1.32 bits per heavy atom. The van der Waals surface area contributed by atoms with Gasteiger partial charge >= 0.3 is 5.97 Å². The van der Waals surface area contributed by atoms with Gasteiger partial charge in [0.1, 0.15) is 30.6 Å². The summed E-state index contributed by atoms with van der Waals surface area (Å²) in [5.41, 5.74) is 5.09. The minimum atomic E-state index is -0.754. The number of carbonyl (C=O) groups is 1. The lowest BCUT2D eigenvalue weighted by atomic mass is 10.2. The van der Waals surface area contributed by atoms with E-state index in [0.29, 0.717) is 0 Å². The molecule has 7 heteroatoms. The second-order valence-electron chi connectivity index (χ2n) is 3.80. The number of nitrogens with two attached hydrogens (primary N) is 1. The summed E-state index contributed by atoms with van der Waals surface area (Å²) in [5.74, 6) is -1.90. The quantitative estimate of drug-likeness (QED) is 0.852. The molecule has 0 saturated carbocycles. The van der Waals surface area contributed by atoms with Crippen molar-refractivity contribution in [2.75, 3.05) is 5.73 Å². The highest BCUT2D eigenvalue weighted by Gasteiger charge is 2.12. The van der Waals surface area contributed by atoms with E-state index in [1.807, 2.05) is 0 Å². The zero-order chi connectivity index (χ0) is 13.8. The Balaban J connectivity index is 1.93. The lowest BCUT2D eigenvalue weighted by Gasteiger charge is -2.07. The van der Waals surface area contributed by atoms with Crippen molar-refractivity contribution in [1.82, 2.24) is 9.78 Å². The van der Waals surface area contributed by atoms with Crippen molar-refractivity contribution in [3.8, 4) is 0 Å². The number of nitrogen functional groups attached to an aromatic ring is 1. The molecule has 2 aromatic rings. The largest absolute Gasteiger partial charge is 0.459 e. The molecule has 0 fully saturated rings. The Bertz CT molecular complexity index is 578. The molecule has 2 rings (SSSR count). The Morgan fingerprint density at radius 3 is 2.58 bits per heavy atom. The van der Waals surface area contributed by atoms with E-state index in [9.17, 15) is 13.6 Å². The lowest BCUT2D eigenvalue weighted by molar-refractivity contribution is -0.146. The van der Waals surface area contributed by atoms with E-state index in [2.05, 4.69) is 5.10 Å². The summed E-state index contributed by atoms with van der Waals surface area (Å²) in [6.07, 6.45) is 1.50. The van der Waals surface area contributed by atoms with Gasteiger partial charge < -0.3 is 10.5 Å². The molecular formula is C12H11F2N3O2. The number of benzene rings is 1. The highest BCUT2D eigenvalue weighted by Crippen LogP contribution is 2.13. The normalized spacial score (nSPS) is 10.4. The van der Waals surface area contributed by atoms with Crippen LogP contribution in [0.4, 0.5) is 14.6 Å². The fourth-order valence-electron chi connectivity index (χ4n) is 1.47. The van der Waals surface area contributed by atoms with Crippen molar-refractivity contribution >= 4 is 11.8 Å². The second kappa shape index (κ2) is 5.47. The number of hydrogen-bond donors (Lipinski definition) is 1. The molecule has 2 N–H and O–H groups in total. The number of carbonyl (C=O) groups excluding carboxylic acids is 1. The highest BCUT2D eigenvalue weighted by molar-refractivity contribution is 5.69. The average molecular weight is 267 g/mol. The van der Waals surface area contributed by atoms with Crippen LogP contribution >= 0.6 is 0 Å². The van der Waals surface area contributed by atoms with Crippen LogP contribution < -0.4 is 5.73 Å². The molecule has 100 valence electrons. The lowest BCUT2D eigenvalue weighted by Crippen LogP contribution is -2.15. The minimum absolute atomic E-state index is 0.173. The third-order valence-corrected chi connectivity index (χ3v) is 2.39. The SMILES string of the molecule is Nc1ccn(CC(=O)OCc2c(F)cccc2F)n1. The summed E-state index contributed by atoms with van der Waals surface area (Å²) < 4.78 is 32.6. The molecule has 0 radical (unpaired) electrons. The maximum atomic E-state index is 13.3. The van der Waals surface area contributed by atoms with Gasteiger partial charge in [0.2, 0.25) is 0 Å². The van der Waals surface area contributed by atoms with Crippen LogP contribution in [0.25, 0.3) is 0 Å². The highest BCUT2D eigenvalue weighted by atomic mass is 19.1. The Hall–Kier alpha value is -2.44. The molecule has 19 heavy (non-hydrogen) atoms. The number of nitrogens with zero attached hydrogens (tertiary/aromatic N) is 2. The predicted octanol–water partition coefficient (Wildman–Crippen LogP) is 1.49. The van der Waals surface area contributed by atoms with E-state index >= 15 is 0 Å². The molecule has 0 aliphatic rings. The van der Waals surface area contributed by atoms with Crippen LogP contribution in [0.3, 0.4) is 0 Å². The average Bonchev–Trinajstić information content (AvgIpc) is 2.74. The van der Waals surface area contributed by atoms with Crippen LogP contribution in [0.5, 0.6) is 0 Å². The van der Waals surface area contributed by atoms with Crippen molar-refractivity contribution < 1.29 is 18.3 Å². The van der Waals surface area contributed by atoms with E-state index in [0.717, 1.165) is 12.1 Å². The van der Waals surface area contributed by atoms with Gasteiger partial charge in [-0.05, 0) is 18.2 Å². The van der Waals surface area contributed by atoms with Crippen LogP contribution in [0.2, 0.25) is 0 Å². The smallest absolute Gasteiger partial charge is 0.328 e. The topological polar surface area (TPSA) is 70.1 Å². The number of halogens is 2. The maximum absolute atomic E-state index is 13.3. The third kappa shape index (κ3) is 3.27. The van der Waals surface area contributed by atoms with Crippen molar-refractivity contribution in [3.05, 3.63) is 47.7 Å². The molecule has 0 amide bonds. The summed E-state index contributed by atoms with van der Waals surface area (Å²) in [6.45, 7) is -0.638. The van der Waals surface area contributed by atoms with Gasteiger partial charge in [0.25, 0.3) is 0 Å². The molecular weight excluding hydrogens is 256 g/mol. The van der Waals surface area contributed by atoms with Crippen molar-refractivity contribution in [2.45, 2.75) is 13.2 Å². The summed E-state index contributed by atoms with van der Waals surface area (Å²) in [5, 5.41) is 3.79. The van der Waals surface area contributed by atoms with E-state index in [1.165, 1.54) is 23.0 Å². The van der Waals surface area contributed by atoms with Gasteiger partial charge in [-0.2, -0.15) is 5.10 Å². The van der Waals surface area contributed by atoms with Crippen LogP contribution in [0.1, 0.15) is 5.56 Å². The van der Waals surface area contributed by atoms with Crippen LogP contribution in [-0.4, -0.2) is 15.7 Å². The monoisotopic (exact) mass is 267 g/mol. The number of anilines is 1. The van der Waals surface area contributed by atoms with Crippen molar-refractivity contribution in [2.24, 2.45) is 0 Å². The summed E-state index contributed by atoms with van der Waals surface area (Å²) >= 11 is 0. The molecule has 0 aliphatic carbocycles. The van der Waals surface area contributed by atoms with E-state index in [1.54, 1.807) is 0 Å². The Labute approximate surface area is 107 Å². The third-order valence-electron chi connectivity index (χ3n) is 2.39. The molecule has 0 bridgehead atoms. The van der Waals surface area contributed by atoms with Gasteiger partial charge in [0, 0.05) is 6.20 Å². The summed E-state index contributed by atoms with van der Waals surface area (Å²) in [7, 11) is 0. The standard InChI is InChI=1S/C12H11F2N3O2/c13-9-2-1-3-10(14)8(9)7-19-12(18)6-17-5-4-11(15)16-17/h1-5H,6-7H2,(H2,15,16). The van der Waals surface area contributed by atoms with Crippen LogP contribution in [0, 0.1) is 11.6 Å². The first kappa shape index (κ1) is 13.0. The van der Waals surface area contributed by atoms with Gasteiger partial charge in [-0.15, -0.1) is 0 Å². The second-order valence-corrected chi connectivity index (χ2v) is 3.80. The van der Waals surface area contributed by atoms with E-state index < -0.39 is 24.2 Å². The van der Waals surface area contributed by atoms with E-state index in [4.69, 9.17) is 10.5 Å². The zero-order valence-electron chi connectivity index (χ0n) is 9.85. The number of ether oxygens (including phenoxy) is 1. The maximum Gasteiger partial charge on any atom is 0.328 e. The first-order chi connectivity index (χ1) is 9.06. The fourth-order valence-corrected chi connectivity index (χ4v) is 1.47. The first-order valence-electron chi connectivity index (χ1n) is 5.43. The predicted molar refractivity (Wildman–Crippen MR) is 62.8 cm³/mol. The molecule has 0 unspecified atom stereocenters. The number of rotatable bonds is 4. The van der Waals surface area contributed by atoms with E-state index in [-0.39, 0.29) is 17.9 Å². The van der Waals surface area contributed by atoms with Gasteiger partial charge in [-0.3, -0.25) is 9.48 Å². The summed E-state index contributed by atoms with van der Waals surface area (Å²) in [6, 6.07) is 4.95. The van der Waals surface area contributed by atoms with Crippen LogP contribution in [0.15, 0.2) is 30.5 Å². The minimum Gasteiger partial charge on any atom is -0.459 e. The molecule has 0 atom stereocenters. The van der Waals surface area contributed by atoms with Gasteiger partial charge in [-0.25, -0.2) is 8.78 Å².